The van der Waals surface area contributed by atoms with Crippen LogP contribution in [0.2, 0.25) is 0 Å². The van der Waals surface area contributed by atoms with Crippen molar-refractivity contribution in [3.05, 3.63) is 36.7 Å². The Hall–Kier alpha value is -1.74. The molecule has 4 aliphatic carbocycles. The molecular formula is C20H22N2O. The second-order valence-electron chi connectivity index (χ2n) is 8.35. The summed E-state index contributed by atoms with van der Waals surface area (Å²) in [7, 11) is 0. The smallest absolute Gasteiger partial charge is 0.0657 e. The van der Waals surface area contributed by atoms with E-state index in [-0.39, 0.29) is 5.60 Å². The second-order valence-corrected chi connectivity index (χ2v) is 8.35. The molecule has 0 amide bonds. The third kappa shape index (κ3) is 1.59. The fourth-order valence-corrected chi connectivity index (χ4v) is 6.45. The van der Waals surface area contributed by atoms with Crippen molar-refractivity contribution in [3.8, 4) is 0 Å². The molecule has 4 saturated carbocycles. The van der Waals surface area contributed by atoms with Gasteiger partial charge < -0.3 is 14.7 Å². The molecule has 1 aromatic carbocycles. The monoisotopic (exact) mass is 306 g/mol. The van der Waals surface area contributed by atoms with Crippen molar-refractivity contribution in [3.63, 3.8) is 0 Å². The molecule has 2 aromatic heterocycles. The van der Waals surface area contributed by atoms with E-state index in [0.717, 1.165) is 25.2 Å². The zero-order chi connectivity index (χ0) is 15.2. The number of nitrogens with zero attached hydrogens (tertiary/aromatic N) is 1. The highest BCUT2D eigenvalue weighted by molar-refractivity contribution is 6.04. The molecular weight excluding hydrogens is 284 g/mol. The molecule has 0 saturated heterocycles. The third-order valence-electron chi connectivity index (χ3n) is 6.92. The first-order chi connectivity index (χ1) is 11.2. The molecule has 4 fully saturated rings. The second kappa shape index (κ2) is 4.02. The summed E-state index contributed by atoms with van der Waals surface area (Å²) in [6.07, 6.45) is 10.0. The maximum atomic E-state index is 10.9. The highest BCUT2D eigenvalue weighted by Crippen LogP contribution is 2.60. The van der Waals surface area contributed by atoms with E-state index in [2.05, 4.69) is 40.0 Å². The van der Waals surface area contributed by atoms with E-state index in [1.807, 2.05) is 6.20 Å². The summed E-state index contributed by atoms with van der Waals surface area (Å²) in [6.45, 7) is 0. The maximum Gasteiger partial charge on any atom is 0.0657 e. The first-order valence-corrected chi connectivity index (χ1v) is 8.99. The van der Waals surface area contributed by atoms with Crippen molar-refractivity contribution in [2.45, 2.75) is 43.7 Å². The van der Waals surface area contributed by atoms with Gasteiger partial charge in [-0.15, -0.1) is 0 Å². The molecule has 2 atom stereocenters. The molecule has 3 heteroatoms. The van der Waals surface area contributed by atoms with E-state index in [4.69, 9.17) is 0 Å². The Kier molecular flexibility index (Phi) is 2.21. The molecule has 2 heterocycles. The van der Waals surface area contributed by atoms with Crippen LogP contribution in [0.1, 0.15) is 38.1 Å². The predicted molar refractivity (Wildman–Crippen MR) is 91.3 cm³/mol. The Morgan fingerprint density at radius 1 is 1.04 bits per heavy atom. The van der Waals surface area contributed by atoms with Crippen LogP contribution in [0.3, 0.4) is 0 Å². The number of H-pyrrole nitrogens is 1. The number of nitrogens with one attached hydrogen (secondary N) is 1. The number of hydrogen-bond donors (Lipinski definition) is 2. The van der Waals surface area contributed by atoms with Crippen LogP contribution in [0.15, 0.2) is 36.7 Å². The van der Waals surface area contributed by atoms with Gasteiger partial charge in [0.1, 0.15) is 0 Å². The molecule has 4 bridgehead atoms. The lowest BCUT2D eigenvalue weighted by Gasteiger charge is -2.58. The lowest BCUT2D eigenvalue weighted by atomic mass is 9.52. The summed E-state index contributed by atoms with van der Waals surface area (Å²) in [5.74, 6) is 2.06. The van der Waals surface area contributed by atoms with Crippen molar-refractivity contribution in [2.24, 2.45) is 17.8 Å². The van der Waals surface area contributed by atoms with E-state index in [1.54, 1.807) is 0 Å². The quantitative estimate of drug-likeness (QED) is 0.694. The molecule has 7 rings (SSSR count). The Morgan fingerprint density at radius 3 is 2.65 bits per heavy atom. The van der Waals surface area contributed by atoms with Gasteiger partial charge in [-0.25, -0.2) is 0 Å². The minimum absolute atomic E-state index is 0.348. The van der Waals surface area contributed by atoms with Crippen LogP contribution in [0, 0.1) is 17.8 Å². The molecule has 3 nitrogen and oxygen atoms in total. The molecule has 2 N–H and O–H groups in total. The van der Waals surface area contributed by atoms with Crippen LogP contribution < -0.4 is 0 Å². The summed E-state index contributed by atoms with van der Waals surface area (Å²) < 4.78 is 2.56. The molecule has 23 heavy (non-hydrogen) atoms. The number of fused-ring (bicyclic) bond motifs is 3. The summed E-state index contributed by atoms with van der Waals surface area (Å²) >= 11 is 0. The zero-order valence-electron chi connectivity index (χ0n) is 13.2. The van der Waals surface area contributed by atoms with Gasteiger partial charge in [-0.2, -0.15) is 0 Å². The fourth-order valence-electron chi connectivity index (χ4n) is 6.45. The summed E-state index contributed by atoms with van der Waals surface area (Å²) in [5, 5.41) is 13.5. The lowest BCUT2D eigenvalue weighted by molar-refractivity contribution is -0.146. The van der Waals surface area contributed by atoms with Crippen molar-refractivity contribution in [2.75, 3.05) is 0 Å². The van der Waals surface area contributed by atoms with Gasteiger partial charge in [0.15, 0.2) is 0 Å². The normalized spacial score (nSPS) is 38.8. The first-order valence-electron chi connectivity index (χ1n) is 8.99. The number of aromatic amines is 1. The van der Waals surface area contributed by atoms with Crippen molar-refractivity contribution >= 4 is 21.8 Å². The topological polar surface area (TPSA) is 41.0 Å². The highest BCUT2D eigenvalue weighted by atomic mass is 16.3. The largest absolute Gasteiger partial charge is 0.390 e. The number of aromatic nitrogens is 2. The van der Waals surface area contributed by atoms with E-state index in [9.17, 15) is 5.11 Å². The van der Waals surface area contributed by atoms with Gasteiger partial charge in [-0.1, -0.05) is 6.07 Å². The molecule has 4 aliphatic rings. The zero-order valence-corrected chi connectivity index (χ0v) is 13.2. The lowest BCUT2D eigenvalue weighted by Crippen LogP contribution is -2.54. The van der Waals surface area contributed by atoms with Gasteiger partial charge in [0.25, 0.3) is 0 Å². The van der Waals surface area contributed by atoms with E-state index in [0.29, 0.717) is 17.9 Å². The van der Waals surface area contributed by atoms with Gasteiger partial charge in [0.05, 0.1) is 11.1 Å². The summed E-state index contributed by atoms with van der Waals surface area (Å²) in [4.78, 5) is 3.35. The number of benzene rings is 1. The molecule has 0 radical (unpaired) electrons. The summed E-state index contributed by atoms with van der Waals surface area (Å²) in [5.41, 5.74) is 2.26. The van der Waals surface area contributed by atoms with Crippen LogP contribution in [-0.4, -0.2) is 20.3 Å². The Balaban J connectivity index is 1.56. The SMILES string of the molecule is OC12CC3C[C@@H](C1)C(n1ccc4ccc5[nH]ccc5c41)[C@@H](C3)C2. The van der Waals surface area contributed by atoms with Gasteiger partial charge in [-0.3, -0.25) is 0 Å². The Bertz CT molecular complexity index is 904. The minimum atomic E-state index is -0.348. The van der Waals surface area contributed by atoms with E-state index < -0.39 is 0 Å². The van der Waals surface area contributed by atoms with Crippen molar-refractivity contribution in [1.82, 2.24) is 9.55 Å². The standard InChI is InChI=1S/C20H22N2O/c23-20-9-12-7-14(10-20)18(15(8-12)11-20)22-6-4-13-1-2-17-16(19(13)22)3-5-21-17/h1-6,12,14-15,18,21,23H,7-11H2/t12?,14-,15-,18?,20?/m0/s1. The first kappa shape index (κ1) is 12.7. The third-order valence-corrected chi connectivity index (χ3v) is 6.92. The number of aliphatic hydroxyl groups is 1. The van der Waals surface area contributed by atoms with Crippen LogP contribution in [0.5, 0.6) is 0 Å². The molecule has 118 valence electrons. The van der Waals surface area contributed by atoms with Crippen molar-refractivity contribution < 1.29 is 5.11 Å². The number of hydrogen-bond acceptors (Lipinski definition) is 1. The van der Waals surface area contributed by atoms with Crippen LogP contribution in [-0.2, 0) is 0 Å². The average molecular weight is 306 g/mol. The van der Waals surface area contributed by atoms with Gasteiger partial charge in [0.2, 0.25) is 0 Å². The fraction of sp³-hybridized carbons (Fsp3) is 0.500. The molecule has 0 spiro atoms. The van der Waals surface area contributed by atoms with Gasteiger partial charge in [-0.05, 0) is 68.1 Å². The van der Waals surface area contributed by atoms with E-state index in [1.165, 1.54) is 34.6 Å². The maximum absolute atomic E-state index is 10.9. The molecule has 0 aliphatic heterocycles. The average Bonchev–Trinajstić information content (AvgIpc) is 3.10. The summed E-state index contributed by atoms with van der Waals surface area (Å²) in [6, 6.07) is 9.46. The Morgan fingerprint density at radius 2 is 1.87 bits per heavy atom. The van der Waals surface area contributed by atoms with Crippen LogP contribution in [0.25, 0.3) is 21.8 Å². The minimum Gasteiger partial charge on any atom is -0.390 e. The van der Waals surface area contributed by atoms with Crippen LogP contribution >= 0.6 is 0 Å². The van der Waals surface area contributed by atoms with Crippen molar-refractivity contribution in [1.29, 1.82) is 0 Å². The Labute approximate surface area is 135 Å². The predicted octanol–water partition coefficient (Wildman–Crippen LogP) is 4.23. The number of rotatable bonds is 1. The highest BCUT2D eigenvalue weighted by Gasteiger charge is 2.55. The molecule has 0 unspecified atom stereocenters. The molecule has 3 aromatic rings. The van der Waals surface area contributed by atoms with Gasteiger partial charge in [0, 0.05) is 34.7 Å². The van der Waals surface area contributed by atoms with Crippen LogP contribution in [0.4, 0.5) is 0 Å². The van der Waals surface area contributed by atoms with E-state index >= 15 is 0 Å². The van der Waals surface area contributed by atoms with Gasteiger partial charge >= 0.3 is 0 Å².